The molecule has 1 aromatic heterocycles. The third-order valence-electron chi connectivity index (χ3n) is 9.76. The molecule has 4 amide bonds. The van der Waals surface area contributed by atoms with Gasteiger partial charge in [-0.1, -0.05) is 51.1 Å². The van der Waals surface area contributed by atoms with E-state index in [1.165, 1.54) is 11.8 Å². The highest BCUT2D eigenvalue weighted by Crippen LogP contribution is 2.41. The smallest absolute Gasteiger partial charge is 0.303 e. The maximum Gasteiger partial charge on any atom is 0.303 e. The Hall–Kier alpha value is -5.62. The van der Waals surface area contributed by atoms with Gasteiger partial charge < -0.3 is 41.4 Å². The lowest BCUT2D eigenvalue weighted by molar-refractivity contribution is -0.139. The summed E-state index contributed by atoms with van der Waals surface area (Å²) in [6.07, 6.45) is 0.928. The number of aliphatic carboxylic acids is 2. The average Bonchev–Trinajstić information content (AvgIpc) is 3.62. The Morgan fingerprint density at radius 3 is 2.21 bits per heavy atom. The summed E-state index contributed by atoms with van der Waals surface area (Å²) >= 11 is 1.24. The van der Waals surface area contributed by atoms with Crippen molar-refractivity contribution in [1.82, 2.24) is 25.4 Å². The quantitative estimate of drug-likeness (QED) is 0.0583. The summed E-state index contributed by atoms with van der Waals surface area (Å²) in [5.74, 6) is -6.42. The molecule has 1 heterocycles. The van der Waals surface area contributed by atoms with E-state index in [2.05, 4.69) is 16.0 Å². The predicted molar refractivity (Wildman–Crippen MR) is 231 cm³/mol. The molecule has 0 bridgehead atoms. The summed E-state index contributed by atoms with van der Waals surface area (Å²) in [4.78, 5) is 87.6. The van der Waals surface area contributed by atoms with Gasteiger partial charge in [-0.2, -0.15) is 11.8 Å². The summed E-state index contributed by atoms with van der Waals surface area (Å²) < 4.78 is 31.5. The van der Waals surface area contributed by atoms with Crippen molar-refractivity contribution in [2.24, 2.45) is 17.1 Å². The number of halogens is 2. The summed E-state index contributed by atoms with van der Waals surface area (Å²) in [5.41, 5.74) is 7.62. The Morgan fingerprint density at radius 1 is 0.855 bits per heavy atom. The van der Waals surface area contributed by atoms with Gasteiger partial charge in [0, 0.05) is 86.6 Å². The molecule has 0 aliphatic rings. The van der Waals surface area contributed by atoms with E-state index < -0.39 is 65.2 Å². The SMILES string of the molecule is CC(C)(C)[C@H](c1cc(-c2cc(F)ccc2F)cn1Cc1ccccc1)N(CCCN)C(=O)CSCCC(=O)C[C@@H](CCC(=O)O)C(=O)NCCNC(=O)CNC(=O)CCC(=O)O. The van der Waals surface area contributed by atoms with Gasteiger partial charge >= 0.3 is 11.9 Å². The molecule has 0 saturated carbocycles. The minimum absolute atomic E-state index is 0.00979. The lowest BCUT2D eigenvalue weighted by Crippen LogP contribution is -2.44. The molecule has 62 heavy (non-hydrogen) atoms. The van der Waals surface area contributed by atoms with Crippen LogP contribution in [0.1, 0.15) is 83.0 Å². The van der Waals surface area contributed by atoms with E-state index >= 15 is 4.39 Å². The number of carboxylic acids is 2. The number of benzene rings is 2. The number of carbonyl (C=O) groups excluding carboxylic acids is 5. The molecule has 3 aromatic rings. The van der Waals surface area contributed by atoms with Crippen LogP contribution in [0.15, 0.2) is 60.8 Å². The number of ketones is 1. The van der Waals surface area contributed by atoms with Crippen molar-refractivity contribution in [2.75, 3.05) is 44.2 Å². The fourth-order valence-corrected chi connectivity index (χ4v) is 7.64. The minimum Gasteiger partial charge on any atom is -0.481 e. The Morgan fingerprint density at radius 2 is 1.55 bits per heavy atom. The second-order valence-corrected chi connectivity index (χ2v) is 17.0. The van der Waals surface area contributed by atoms with Crippen molar-refractivity contribution >= 4 is 53.1 Å². The molecule has 15 nitrogen and oxygen atoms in total. The Balaban J connectivity index is 1.67. The number of rotatable bonds is 27. The Labute approximate surface area is 364 Å². The van der Waals surface area contributed by atoms with Gasteiger partial charge in [0.1, 0.15) is 17.4 Å². The van der Waals surface area contributed by atoms with Crippen LogP contribution in [-0.2, 0) is 40.1 Å². The van der Waals surface area contributed by atoms with Crippen molar-refractivity contribution in [3.63, 3.8) is 0 Å². The van der Waals surface area contributed by atoms with Gasteiger partial charge in [0.15, 0.2) is 0 Å². The van der Waals surface area contributed by atoms with Crippen molar-refractivity contribution in [2.45, 2.75) is 78.3 Å². The fourth-order valence-electron chi connectivity index (χ4n) is 6.78. The summed E-state index contributed by atoms with van der Waals surface area (Å²) in [7, 11) is 0. The normalized spacial score (nSPS) is 12.2. The molecule has 2 atom stereocenters. The van der Waals surface area contributed by atoms with Crippen molar-refractivity contribution in [3.05, 3.63) is 83.7 Å². The molecule has 0 aliphatic carbocycles. The zero-order valence-corrected chi connectivity index (χ0v) is 36.2. The lowest BCUT2D eigenvalue weighted by Gasteiger charge is -2.41. The third-order valence-corrected chi connectivity index (χ3v) is 10.7. The van der Waals surface area contributed by atoms with Gasteiger partial charge in [0.2, 0.25) is 23.6 Å². The lowest BCUT2D eigenvalue weighted by atomic mass is 9.83. The number of carbonyl (C=O) groups is 7. The van der Waals surface area contributed by atoms with Crippen LogP contribution >= 0.6 is 11.8 Å². The average molecular weight is 885 g/mol. The number of carboxylic acid groups (broad SMARTS) is 2. The number of amides is 4. The molecule has 0 spiro atoms. The van der Waals surface area contributed by atoms with Crippen LogP contribution in [0, 0.1) is 23.0 Å². The van der Waals surface area contributed by atoms with Gasteiger partial charge in [-0.05, 0) is 54.6 Å². The molecule has 18 heteroatoms. The summed E-state index contributed by atoms with van der Waals surface area (Å²) in [5, 5.41) is 25.3. The van der Waals surface area contributed by atoms with Crippen molar-refractivity contribution in [1.29, 1.82) is 0 Å². The first-order chi connectivity index (χ1) is 29.4. The monoisotopic (exact) mass is 884 g/mol. The van der Waals surface area contributed by atoms with Crippen LogP contribution in [-0.4, -0.2) is 105 Å². The van der Waals surface area contributed by atoms with E-state index in [0.29, 0.717) is 31.6 Å². The number of Topliss-reactive ketones (excluding diaryl/α,β-unsaturated/α-hetero) is 1. The molecule has 0 saturated heterocycles. The molecule has 0 aliphatic heterocycles. The molecule has 3 rings (SSSR count). The van der Waals surface area contributed by atoms with E-state index in [1.54, 1.807) is 17.2 Å². The molecule has 2 aromatic carbocycles. The van der Waals surface area contributed by atoms with Crippen LogP contribution < -0.4 is 21.7 Å². The zero-order valence-electron chi connectivity index (χ0n) is 35.4. The number of nitrogens with zero attached hydrogens (tertiary/aromatic N) is 2. The zero-order chi connectivity index (χ0) is 45.8. The highest BCUT2D eigenvalue weighted by molar-refractivity contribution is 7.99. The second kappa shape index (κ2) is 25.3. The standard InChI is InChI=1S/C44H58F2N6O9S/c1-44(2,3)42(36-23-31(34-24-32(45)11-12-35(34)46)27-51(36)26-29-8-5-4-6-9-29)52(20-7-17-47)39(56)28-62-21-16-33(53)22-30(10-14-40(57)58)43(61)49-19-18-48-38(55)25-50-37(54)13-15-41(59)60/h4-6,8-9,11-12,23-24,27,30,42H,7,10,13-22,25-26,28,47H2,1-3H3,(H,48,55)(H,49,61)(H,50,54)(H,57,58)(H,59,60)/t30-,42+/m1/s1. The molecule has 0 unspecified atom stereocenters. The fraction of sp³-hybridized carbons (Fsp3) is 0.477. The van der Waals surface area contributed by atoms with Gasteiger partial charge in [0.05, 0.1) is 24.8 Å². The number of hydrogen-bond acceptors (Lipinski definition) is 9. The van der Waals surface area contributed by atoms with Crippen LogP contribution in [0.25, 0.3) is 11.1 Å². The van der Waals surface area contributed by atoms with Crippen molar-refractivity contribution < 1.29 is 52.6 Å². The predicted octanol–water partition coefficient (Wildman–Crippen LogP) is 4.52. The van der Waals surface area contributed by atoms with Crippen molar-refractivity contribution in [3.8, 4) is 11.1 Å². The molecule has 0 fully saturated rings. The third kappa shape index (κ3) is 17.4. The number of nitrogens with one attached hydrogen (secondary N) is 3. The number of aromatic nitrogens is 1. The molecule has 7 N–H and O–H groups in total. The van der Waals surface area contributed by atoms with Crippen LogP contribution in [0.2, 0.25) is 0 Å². The maximum absolute atomic E-state index is 15.1. The first-order valence-electron chi connectivity index (χ1n) is 20.4. The highest BCUT2D eigenvalue weighted by atomic mass is 32.2. The topological polar surface area (TPSA) is 230 Å². The highest BCUT2D eigenvalue weighted by Gasteiger charge is 2.37. The van der Waals surface area contributed by atoms with Crippen LogP contribution in [0.4, 0.5) is 8.78 Å². The molecular formula is C44H58F2N6O9S. The second-order valence-electron chi connectivity index (χ2n) is 15.9. The van der Waals surface area contributed by atoms with E-state index in [9.17, 15) is 43.1 Å². The Bertz CT molecular complexity index is 2010. The van der Waals surface area contributed by atoms with Gasteiger partial charge in [-0.15, -0.1) is 0 Å². The number of nitrogens with two attached hydrogens (primary N) is 1. The molecule has 0 radical (unpaired) electrons. The largest absolute Gasteiger partial charge is 0.481 e. The van der Waals surface area contributed by atoms with E-state index in [-0.39, 0.29) is 80.4 Å². The van der Waals surface area contributed by atoms with Crippen LogP contribution in [0.5, 0.6) is 0 Å². The minimum atomic E-state index is -1.15. The number of hydrogen-bond donors (Lipinski definition) is 6. The first-order valence-corrected chi connectivity index (χ1v) is 21.6. The van der Waals surface area contributed by atoms with Gasteiger partial charge in [0.25, 0.3) is 0 Å². The molecular weight excluding hydrogens is 827 g/mol. The van der Waals surface area contributed by atoms with Crippen LogP contribution in [0.3, 0.4) is 0 Å². The maximum atomic E-state index is 15.1. The number of thioether (sulfide) groups is 1. The summed E-state index contributed by atoms with van der Waals surface area (Å²) in [6.45, 7) is 6.57. The van der Waals surface area contributed by atoms with E-state index in [4.69, 9.17) is 10.8 Å². The van der Waals surface area contributed by atoms with Gasteiger partial charge in [-0.25, -0.2) is 8.78 Å². The first kappa shape index (κ1) is 50.7. The van der Waals surface area contributed by atoms with E-state index in [0.717, 1.165) is 29.5 Å². The molecule has 338 valence electrons. The van der Waals surface area contributed by atoms with E-state index in [1.807, 2.05) is 55.7 Å². The Kier molecular flexibility index (Phi) is 20.7. The van der Waals surface area contributed by atoms with Gasteiger partial charge in [-0.3, -0.25) is 33.6 Å². The summed E-state index contributed by atoms with van der Waals surface area (Å²) in [6, 6.07) is 14.2.